The number of nitrogens with one attached hydrogen (secondary N) is 1. The maximum atomic E-state index is 13.4. The van der Waals surface area contributed by atoms with Crippen molar-refractivity contribution < 1.29 is 14.4 Å². The summed E-state index contributed by atoms with van der Waals surface area (Å²) in [6, 6.07) is 20.0. The molecule has 0 spiro atoms. The fraction of sp³-hybridized carbons (Fsp3) is 0.107. The Balaban J connectivity index is 1.61. The Morgan fingerprint density at radius 1 is 0.972 bits per heavy atom. The third-order valence-electron chi connectivity index (χ3n) is 6.34. The fourth-order valence-electron chi connectivity index (χ4n) is 4.37. The Bertz CT molecular complexity index is 1590. The van der Waals surface area contributed by atoms with E-state index in [9.17, 15) is 14.4 Å². The summed E-state index contributed by atoms with van der Waals surface area (Å²) in [7, 11) is 0. The number of barbiturate groups is 1. The molecule has 4 amide bonds. The first-order valence-corrected chi connectivity index (χ1v) is 12.4. The lowest BCUT2D eigenvalue weighted by Gasteiger charge is -2.26. The minimum Gasteiger partial charge on any atom is -0.340 e. The van der Waals surface area contributed by atoms with Gasteiger partial charge in [-0.3, -0.25) is 14.9 Å². The molecule has 3 aromatic carbocycles. The predicted octanol–water partition coefficient (Wildman–Crippen LogP) is 6.39. The number of halogens is 2. The van der Waals surface area contributed by atoms with Gasteiger partial charge in [-0.05, 0) is 61.4 Å². The Labute approximate surface area is 221 Å². The molecule has 1 aromatic heterocycles. The van der Waals surface area contributed by atoms with Gasteiger partial charge in [0.25, 0.3) is 11.8 Å². The van der Waals surface area contributed by atoms with E-state index < -0.39 is 17.8 Å². The minimum absolute atomic E-state index is 0.124. The third kappa shape index (κ3) is 4.25. The van der Waals surface area contributed by atoms with Crippen LogP contribution in [-0.4, -0.2) is 22.4 Å². The number of amides is 4. The van der Waals surface area contributed by atoms with Crippen molar-refractivity contribution in [3.8, 4) is 0 Å². The number of nitrogens with zero attached hydrogens (tertiary/aromatic N) is 2. The van der Waals surface area contributed by atoms with Crippen LogP contribution in [0.15, 0.2) is 76.8 Å². The second-order valence-electron chi connectivity index (χ2n) is 8.62. The number of aryl methyl sites for hydroxylation is 1. The molecule has 0 bridgehead atoms. The van der Waals surface area contributed by atoms with Crippen molar-refractivity contribution >= 4 is 68.0 Å². The zero-order chi connectivity index (χ0) is 25.6. The van der Waals surface area contributed by atoms with Gasteiger partial charge in [-0.1, -0.05) is 63.9 Å². The van der Waals surface area contributed by atoms with E-state index in [-0.39, 0.29) is 5.57 Å². The zero-order valence-electron chi connectivity index (χ0n) is 19.5. The molecular formula is C28H21BrClN3O3. The van der Waals surface area contributed by atoms with Gasteiger partial charge in [-0.15, -0.1) is 0 Å². The van der Waals surface area contributed by atoms with Crippen molar-refractivity contribution in [1.29, 1.82) is 0 Å². The maximum absolute atomic E-state index is 13.4. The van der Waals surface area contributed by atoms with Crippen molar-refractivity contribution in [2.24, 2.45) is 0 Å². The van der Waals surface area contributed by atoms with Crippen LogP contribution >= 0.6 is 27.5 Å². The van der Waals surface area contributed by atoms with Crippen molar-refractivity contribution in [3.63, 3.8) is 0 Å². The second kappa shape index (κ2) is 9.41. The number of carbonyl (C=O) groups excluding carboxylic acids is 3. The van der Waals surface area contributed by atoms with Crippen LogP contribution in [0.1, 0.15) is 22.4 Å². The van der Waals surface area contributed by atoms with E-state index in [4.69, 9.17) is 11.6 Å². The summed E-state index contributed by atoms with van der Waals surface area (Å²) < 4.78 is 3.15. The first-order valence-electron chi connectivity index (χ1n) is 11.2. The molecule has 1 aliphatic rings. The summed E-state index contributed by atoms with van der Waals surface area (Å²) in [5.41, 5.74) is 4.71. The first kappa shape index (κ1) is 24.0. The lowest BCUT2D eigenvalue weighted by atomic mass is 10.0. The molecule has 1 aliphatic heterocycles. The average molecular weight is 563 g/mol. The Kier molecular flexibility index (Phi) is 6.28. The van der Waals surface area contributed by atoms with E-state index in [1.54, 1.807) is 18.2 Å². The summed E-state index contributed by atoms with van der Waals surface area (Å²) in [6.45, 7) is 4.40. The molecule has 0 aliphatic carbocycles. The van der Waals surface area contributed by atoms with Gasteiger partial charge in [-0.2, -0.15) is 0 Å². The molecule has 0 unspecified atom stereocenters. The number of carbonyl (C=O) groups is 3. The molecule has 4 aromatic rings. The molecule has 1 saturated heterocycles. The lowest BCUT2D eigenvalue weighted by molar-refractivity contribution is -0.122. The van der Waals surface area contributed by atoms with E-state index in [2.05, 4.69) is 25.8 Å². The number of anilines is 1. The molecule has 36 heavy (non-hydrogen) atoms. The summed E-state index contributed by atoms with van der Waals surface area (Å²) in [5.74, 6) is -1.43. The highest BCUT2D eigenvalue weighted by Crippen LogP contribution is 2.31. The number of para-hydroxylation sites is 1. The number of urea groups is 1. The molecule has 1 N–H and O–H groups in total. The van der Waals surface area contributed by atoms with Crippen LogP contribution < -0.4 is 10.2 Å². The van der Waals surface area contributed by atoms with Crippen LogP contribution in [0, 0.1) is 13.8 Å². The van der Waals surface area contributed by atoms with E-state index in [1.807, 2.05) is 62.4 Å². The summed E-state index contributed by atoms with van der Waals surface area (Å²) >= 11 is 9.70. The topological polar surface area (TPSA) is 71.4 Å². The van der Waals surface area contributed by atoms with E-state index >= 15 is 0 Å². The molecule has 0 radical (unpaired) electrons. The Morgan fingerprint density at radius 3 is 2.42 bits per heavy atom. The lowest BCUT2D eigenvalue weighted by Crippen LogP contribution is -2.54. The monoisotopic (exact) mass is 561 g/mol. The van der Waals surface area contributed by atoms with Crippen molar-refractivity contribution in [2.45, 2.75) is 20.4 Å². The van der Waals surface area contributed by atoms with Gasteiger partial charge in [0, 0.05) is 38.2 Å². The van der Waals surface area contributed by atoms with Gasteiger partial charge in [0.1, 0.15) is 5.57 Å². The minimum atomic E-state index is -0.809. The van der Waals surface area contributed by atoms with Gasteiger partial charge in [0.15, 0.2) is 0 Å². The smallest absolute Gasteiger partial charge is 0.335 e. The Hall–Kier alpha value is -3.68. The number of aromatic nitrogens is 1. The van der Waals surface area contributed by atoms with Gasteiger partial charge in [-0.25, -0.2) is 9.69 Å². The zero-order valence-corrected chi connectivity index (χ0v) is 21.9. The van der Waals surface area contributed by atoms with E-state index in [0.29, 0.717) is 17.3 Å². The van der Waals surface area contributed by atoms with Gasteiger partial charge >= 0.3 is 6.03 Å². The standard InChI is InChI=1S/C28H21BrClN3O3/c1-16-7-12-20(13-24(16)30)33-27(35)23(26(34)31-28(33)36)14-22-17(2)32(25-6-4-3-5-21(22)25)15-18-8-10-19(29)11-9-18/h3-14H,15H2,1-2H3,(H,31,34,36)/b23-14-. The van der Waals surface area contributed by atoms with Gasteiger partial charge in [0.05, 0.1) is 5.69 Å². The molecule has 2 heterocycles. The molecule has 6 nitrogen and oxygen atoms in total. The van der Waals surface area contributed by atoms with Crippen molar-refractivity contribution in [3.05, 3.63) is 104 Å². The first-order chi connectivity index (χ1) is 17.2. The number of fused-ring (bicyclic) bond motifs is 1. The van der Waals surface area contributed by atoms with Crippen LogP contribution in [-0.2, 0) is 16.1 Å². The maximum Gasteiger partial charge on any atom is 0.335 e. The summed E-state index contributed by atoms with van der Waals surface area (Å²) in [4.78, 5) is 39.8. The normalized spacial score (nSPS) is 15.2. The average Bonchev–Trinajstić information content (AvgIpc) is 3.11. The highest BCUT2D eigenvalue weighted by Gasteiger charge is 2.37. The van der Waals surface area contributed by atoms with E-state index in [0.717, 1.165) is 42.7 Å². The number of benzene rings is 3. The van der Waals surface area contributed by atoms with Crippen LogP contribution in [0.5, 0.6) is 0 Å². The van der Waals surface area contributed by atoms with Gasteiger partial charge in [0.2, 0.25) is 0 Å². The summed E-state index contributed by atoms with van der Waals surface area (Å²) in [6.07, 6.45) is 1.57. The molecule has 0 saturated carbocycles. The third-order valence-corrected chi connectivity index (χ3v) is 7.27. The molecular weight excluding hydrogens is 542 g/mol. The number of imide groups is 2. The molecule has 180 valence electrons. The van der Waals surface area contributed by atoms with Crippen molar-refractivity contribution in [2.75, 3.05) is 4.90 Å². The molecule has 8 heteroatoms. The van der Waals surface area contributed by atoms with Gasteiger partial charge < -0.3 is 4.57 Å². The Morgan fingerprint density at radius 2 is 1.69 bits per heavy atom. The largest absolute Gasteiger partial charge is 0.340 e. The predicted molar refractivity (Wildman–Crippen MR) is 145 cm³/mol. The molecule has 0 atom stereocenters. The van der Waals surface area contributed by atoms with Crippen molar-refractivity contribution in [1.82, 2.24) is 9.88 Å². The van der Waals surface area contributed by atoms with Crippen LogP contribution in [0.3, 0.4) is 0 Å². The van der Waals surface area contributed by atoms with Crippen LogP contribution in [0.25, 0.3) is 17.0 Å². The fourth-order valence-corrected chi connectivity index (χ4v) is 4.81. The number of rotatable bonds is 4. The number of hydrogen-bond donors (Lipinski definition) is 1. The van der Waals surface area contributed by atoms with Crippen LogP contribution in [0.4, 0.5) is 10.5 Å². The quantitative estimate of drug-likeness (QED) is 0.231. The second-order valence-corrected chi connectivity index (χ2v) is 9.94. The molecule has 1 fully saturated rings. The highest BCUT2D eigenvalue weighted by molar-refractivity contribution is 9.10. The van der Waals surface area contributed by atoms with Crippen LogP contribution in [0.2, 0.25) is 5.02 Å². The van der Waals surface area contributed by atoms with E-state index in [1.165, 1.54) is 6.07 Å². The molecule has 5 rings (SSSR count). The number of hydrogen-bond acceptors (Lipinski definition) is 3. The highest BCUT2D eigenvalue weighted by atomic mass is 79.9. The SMILES string of the molecule is Cc1ccc(N2C(=O)NC(=O)/C(=C/c3c(C)n(Cc4ccc(Br)cc4)c4ccccc34)C2=O)cc1Cl. The summed E-state index contributed by atoms with van der Waals surface area (Å²) in [5, 5.41) is 3.61.